The smallest absolute Gasteiger partial charge is 0.324 e. The van der Waals surface area contributed by atoms with Crippen molar-refractivity contribution in [2.24, 2.45) is 0 Å². The van der Waals surface area contributed by atoms with Crippen molar-refractivity contribution in [3.63, 3.8) is 0 Å². The summed E-state index contributed by atoms with van der Waals surface area (Å²) in [4.78, 5) is 23.5. The highest BCUT2D eigenvalue weighted by Gasteiger charge is 2.33. The van der Waals surface area contributed by atoms with Crippen molar-refractivity contribution in [3.8, 4) is 0 Å². The van der Waals surface area contributed by atoms with Crippen LogP contribution in [0.2, 0.25) is 0 Å². The first kappa shape index (κ1) is 9.98. The molecule has 74 valence electrons. The van der Waals surface area contributed by atoms with Crippen LogP contribution >= 0.6 is 0 Å². The van der Waals surface area contributed by atoms with E-state index in [1.54, 1.807) is 7.11 Å². The third kappa shape index (κ3) is 2.18. The number of rotatable bonds is 3. The summed E-state index contributed by atoms with van der Waals surface area (Å²) in [5.41, 5.74) is -0.489. The van der Waals surface area contributed by atoms with Crippen LogP contribution in [0.1, 0.15) is 13.8 Å². The van der Waals surface area contributed by atoms with Gasteiger partial charge in [-0.1, -0.05) is 0 Å². The van der Waals surface area contributed by atoms with Crippen LogP contribution in [0.15, 0.2) is 0 Å². The molecule has 0 radical (unpaired) electrons. The lowest BCUT2D eigenvalue weighted by molar-refractivity contribution is -0.127. The molecule has 0 saturated carbocycles. The quantitative estimate of drug-likeness (QED) is 0.629. The summed E-state index contributed by atoms with van der Waals surface area (Å²) in [7, 11) is 1.55. The average Bonchev–Trinajstić information content (AvgIpc) is 2.36. The molecule has 5 nitrogen and oxygen atoms in total. The Labute approximate surface area is 77.0 Å². The van der Waals surface area contributed by atoms with E-state index in [4.69, 9.17) is 4.74 Å². The van der Waals surface area contributed by atoms with Crippen molar-refractivity contribution < 1.29 is 14.3 Å². The molecule has 1 aliphatic rings. The minimum absolute atomic E-state index is 0.0959. The highest BCUT2D eigenvalue weighted by atomic mass is 16.5. The SMILES string of the molecule is COC(C)(C)CN1C(=O)CNC1=O. The Morgan fingerprint density at radius 1 is 1.54 bits per heavy atom. The van der Waals surface area contributed by atoms with Crippen molar-refractivity contribution in [1.29, 1.82) is 0 Å². The summed E-state index contributed by atoms with van der Waals surface area (Å²) in [6.45, 7) is 4.03. The minimum atomic E-state index is -0.489. The third-order valence-corrected chi connectivity index (χ3v) is 2.03. The topological polar surface area (TPSA) is 58.6 Å². The molecule has 0 aromatic carbocycles. The number of carbonyl (C=O) groups excluding carboxylic acids is 2. The van der Waals surface area contributed by atoms with Crippen molar-refractivity contribution >= 4 is 11.9 Å². The molecule has 5 heteroatoms. The molecule has 0 bridgehead atoms. The number of hydrogen-bond acceptors (Lipinski definition) is 3. The monoisotopic (exact) mass is 186 g/mol. The van der Waals surface area contributed by atoms with Crippen LogP contribution in [0.25, 0.3) is 0 Å². The van der Waals surface area contributed by atoms with E-state index in [2.05, 4.69) is 5.32 Å². The summed E-state index contributed by atoms with van der Waals surface area (Å²) >= 11 is 0. The van der Waals surface area contributed by atoms with Gasteiger partial charge in [-0.3, -0.25) is 9.69 Å². The van der Waals surface area contributed by atoms with E-state index >= 15 is 0 Å². The Bertz CT molecular complexity index is 222. The molecule has 0 spiro atoms. The summed E-state index contributed by atoms with van der Waals surface area (Å²) < 4.78 is 5.12. The molecule has 3 amide bonds. The maximum absolute atomic E-state index is 11.2. The third-order valence-electron chi connectivity index (χ3n) is 2.03. The molecule has 1 saturated heterocycles. The molecular weight excluding hydrogens is 172 g/mol. The number of ether oxygens (including phenoxy) is 1. The Kier molecular flexibility index (Phi) is 2.56. The molecule has 0 unspecified atom stereocenters. The van der Waals surface area contributed by atoms with Gasteiger partial charge in [0.2, 0.25) is 5.91 Å². The van der Waals surface area contributed by atoms with Gasteiger partial charge >= 0.3 is 6.03 Å². The molecule has 0 atom stereocenters. The first-order valence-electron chi connectivity index (χ1n) is 4.09. The van der Waals surface area contributed by atoms with Crippen LogP contribution in [0, 0.1) is 0 Å². The molecule has 1 heterocycles. The number of urea groups is 1. The lowest BCUT2D eigenvalue weighted by Crippen LogP contribution is -2.43. The van der Waals surface area contributed by atoms with Crippen LogP contribution in [0.3, 0.4) is 0 Å². The van der Waals surface area contributed by atoms with Crippen LogP contribution in [0.5, 0.6) is 0 Å². The summed E-state index contributed by atoms with van der Waals surface area (Å²) in [5, 5.41) is 2.45. The van der Waals surface area contributed by atoms with Crippen LogP contribution in [-0.4, -0.2) is 42.6 Å². The average molecular weight is 186 g/mol. The molecule has 1 fully saturated rings. The largest absolute Gasteiger partial charge is 0.377 e. The number of imide groups is 1. The van der Waals surface area contributed by atoms with Gasteiger partial charge in [-0.2, -0.15) is 0 Å². The van der Waals surface area contributed by atoms with Gasteiger partial charge in [-0.05, 0) is 13.8 Å². The molecule has 0 aliphatic carbocycles. The van der Waals surface area contributed by atoms with Gasteiger partial charge in [-0.25, -0.2) is 4.79 Å². The minimum Gasteiger partial charge on any atom is -0.377 e. The van der Waals surface area contributed by atoms with Crippen molar-refractivity contribution in [2.75, 3.05) is 20.2 Å². The van der Waals surface area contributed by atoms with Crippen LogP contribution in [0.4, 0.5) is 4.79 Å². The first-order chi connectivity index (χ1) is 5.96. The molecule has 1 rings (SSSR count). The van der Waals surface area contributed by atoms with Crippen LogP contribution in [-0.2, 0) is 9.53 Å². The van der Waals surface area contributed by atoms with E-state index in [0.717, 1.165) is 0 Å². The predicted octanol–water partition coefficient (Wildman–Crippen LogP) is -0.0368. The number of amides is 3. The molecule has 1 aliphatic heterocycles. The van der Waals surface area contributed by atoms with Gasteiger partial charge < -0.3 is 10.1 Å². The van der Waals surface area contributed by atoms with E-state index < -0.39 is 5.60 Å². The molecule has 13 heavy (non-hydrogen) atoms. The zero-order chi connectivity index (χ0) is 10.1. The first-order valence-corrected chi connectivity index (χ1v) is 4.09. The highest BCUT2D eigenvalue weighted by Crippen LogP contribution is 2.12. The Balaban J connectivity index is 2.62. The highest BCUT2D eigenvalue weighted by molar-refractivity contribution is 6.01. The lowest BCUT2D eigenvalue weighted by Gasteiger charge is -2.26. The van der Waals surface area contributed by atoms with Crippen LogP contribution < -0.4 is 5.32 Å². The normalized spacial score (nSPS) is 17.9. The van der Waals surface area contributed by atoms with E-state index in [9.17, 15) is 9.59 Å². The standard InChI is InChI=1S/C8H14N2O3/c1-8(2,13-3)5-10-6(11)4-9-7(10)12/h4-5H2,1-3H3,(H,9,12). The second-order valence-electron chi connectivity index (χ2n) is 3.60. The zero-order valence-electron chi connectivity index (χ0n) is 8.09. The Morgan fingerprint density at radius 2 is 2.15 bits per heavy atom. The number of nitrogens with one attached hydrogen (secondary N) is 1. The number of methoxy groups -OCH3 is 1. The Hall–Kier alpha value is -1.10. The second kappa shape index (κ2) is 3.33. The van der Waals surface area contributed by atoms with E-state index in [1.807, 2.05) is 13.8 Å². The molecular formula is C8H14N2O3. The molecule has 0 aromatic heterocycles. The number of carbonyl (C=O) groups is 2. The van der Waals surface area contributed by atoms with Gasteiger partial charge in [0.1, 0.15) is 0 Å². The van der Waals surface area contributed by atoms with Gasteiger partial charge in [-0.15, -0.1) is 0 Å². The second-order valence-corrected chi connectivity index (χ2v) is 3.60. The van der Waals surface area contributed by atoms with Gasteiger partial charge in [0.15, 0.2) is 0 Å². The lowest BCUT2D eigenvalue weighted by atomic mass is 10.1. The van der Waals surface area contributed by atoms with E-state index in [0.29, 0.717) is 0 Å². The maximum atomic E-state index is 11.2. The number of hydrogen-bond donors (Lipinski definition) is 1. The fourth-order valence-electron chi connectivity index (χ4n) is 1.06. The molecule has 0 aromatic rings. The fraction of sp³-hybridized carbons (Fsp3) is 0.750. The van der Waals surface area contributed by atoms with Crippen molar-refractivity contribution in [1.82, 2.24) is 10.2 Å². The predicted molar refractivity (Wildman–Crippen MR) is 46.2 cm³/mol. The van der Waals surface area contributed by atoms with Gasteiger partial charge in [0, 0.05) is 7.11 Å². The number of nitrogens with zero attached hydrogens (tertiary/aromatic N) is 1. The maximum Gasteiger partial charge on any atom is 0.324 e. The van der Waals surface area contributed by atoms with Gasteiger partial charge in [0.25, 0.3) is 0 Å². The van der Waals surface area contributed by atoms with Crippen molar-refractivity contribution in [2.45, 2.75) is 19.4 Å². The fourth-order valence-corrected chi connectivity index (χ4v) is 1.06. The summed E-state index contributed by atoms with van der Waals surface area (Å²) in [6, 6.07) is -0.338. The van der Waals surface area contributed by atoms with E-state index in [-0.39, 0.29) is 25.0 Å². The van der Waals surface area contributed by atoms with E-state index in [1.165, 1.54) is 4.90 Å². The van der Waals surface area contributed by atoms with Crippen molar-refractivity contribution in [3.05, 3.63) is 0 Å². The zero-order valence-corrected chi connectivity index (χ0v) is 8.09. The van der Waals surface area contributed by atoms with Gasteiger partial charge in [0.05, 0.1) is 18.7 Å². The summed E-state index contributed by atoms with van der Waals surface area (Å²) in [5.74, 6) is -0.199. The molecule has 1 N–H and O–H groups in total. The summed E-state index contributed by atoms with van der Waals surface area (Å²) in [6.07, 6.45) is 0. The Morgan fingerprint density at radius 3 is 2.54 bits per heavy atom.